The Morgan fingerprint density at radius 1 is 1.16 bits per heavy atom. The van der Waals surface area contributed by atoms with Gasteiger partial charge in [0.05, 0.1) is 28.8 Å². The summed E-state index contributed by atoms with van der Waals surface area (Å²) < 4.78 is 1.49. The number of carbonyl (C=O) groups is 2. The van der Waals surface area contributed by atoms with Crippen LogP contribution in [0.2, 0.25) is 5.02 Å². The third-order valence-electron chi connectivity index (χ3n) is 4.44. The van der Waals surface area contributed by atoms with Gasteiger partial charge in [-0.25, -0.2) is 4.68 Å². The van der Waals surface area contributed by atoms with Crippen LogP contribution in [-0.2, 0) is 9.59 Å². The molecule has 10 heteroatoms. The molecule has 31 heavy (non-hydrogen) atoms. The second-order valence-electron chi connectivity index (χ2n) is 6.91. The van der Waals surface area contributed by atoms with E-state index in [1.54, 1.807) is 49.4 Å². The molecule has 2 aromatic carbocycles. The lowest BCUT2D eigenvalue weighted by Gasteiger charge is -2.18. The minimum Gasteiger partial charge on any atom is -0.349 e. The normalized spacial score (nSPS) is 11.6. The second kappa shape index (κ2) is 9.40. The number of aryl methyl sites for hydroxylation is 1. The summed E-state index contributed by atoms with van der Waals surface area (Å²) in [6.07, 6.45) is -0.00823. The van der Waals surface area contributed by atoms with Crippen molar-refractivity contribution in [3.8, 4) is 5.69 Å². The summed E-state index contributed by atoms with van der Waals surface area (Å²) in [5.74, 6) is -0.190. The topological polar surface area (TPSA) is 119 Å². The van der Waals surface area contributed by atoms with E-state index in [1.165, 1.54) is 23.7 Å². The molecule has 0 bridgehead atoms. The molecule has 0 aliphatic heterocycles. The number of nitro benzene ring substituents is 1. The summed E-state index contributed by atoms with van der Waals surface area (Å²) in [4.78, 5) is 34.8. The monoisotopic (exact) mass is 441 g/mol. The zero-order chi connectivity index (χ0) is 22.5. The summed E-state index contributed by atoms with van der Waals surface area (Å²) >= 11 is 5.93. The minimum absolute atomic E-state index is 0.00823. The summed E-state index contributed by atoms with van der Waals surface area (Å²) in [5, 5.41) is 21.3. The first-order chi connectivity index (χ1) is 14.7. The maximum atomic E-state index is 12.8. The van der Waals surface area contributed by atoms with Gasteiger partial charge in [0.25, 0.3) is 5.69 Å². The van der Waals surface area contributed by atoms with Crippen LogP contribution in [0.1, 0.15) is 30.6 Å². The van der Waals surface area contributed by atoms with Crippen LogP contribution in [0.25, 0.3) is 5.69 Å². The van der Waals surface area contributed by atoms with Crippen LogP contribution in [-0.4, -0.2) is 26.5 Å². The van der Waals surface area contributed by atoms with Crippen LogP contribution in [0.15, 0.2) is 54.6 Å². The Balaban J connectivity index is 1.80. The van der Waals surface area contributed by atoms with Gasteiger partial charge in [0.1, 0.15) is 5.82 Å². The fourth-order valence-electron chi connectivity index (χ4n) is 3.07. The second-order valence-corrected chi connectivity index (χ2v) is 7.35. The molecule has 0 aliphatic rings. The summed E-state index contributed by atoms with van der Waals surface area (Å²) in [7, 11) is 0. The van der Waals surface area contributed by atoms with Crippen LogP contribution in [0.4, 0.5) is 11.5 Å². The van der Waals surface area contributed by atoms with Crippen molar-refractivity contribution in [2.24, 2.45) is 0 Å². The third-order valence-corrected chi connectivity index (χ3v) is 4.70. The van der Waals surface area contributed by atoms with E-state index in [0.29, 0.717) is 22.2 Å². The number of rotatable bonds is 7. The van der Waals surface area contributed by atoms with Crippen molar-refractivity contribution in [3.63, 3.8) is 0 Å². The van der Waals surface area contributed by atoms with E-state index >= 15 is 0 Å². The molecule has 160 valence electrons. The van der Waals surface area contributed by atoms with Crippen molar-refractivity contribution in [1.29, 1.82) is 0 Å². The molecule has 2 amide bonds. The first-order valence-electron chi connectivity index (χ1n) is 9.37. The summed E-state index contributed by atoms with van der Waals surface area (Å²) in [6.45, 7) is 3.15. The Kier molecular flexibility index (Phi) is 6.66. The third kappa shape index (κ3) is 5.67. The highest BCUT2D eigenvalue weighted by molar-refractivity contribution is 6.30. The number of carbonyl (C=O) groups excluding carboxylic acids is 2. The predicted octanol–water partition coefficient (Wildman–Crippen LogP) is 3.95. The molecule has 3 rings (SSSR count). The molecular formula is C21H20ClN5O4. The number of nitrogens with zero attached hydrogens (tertiary/aromatic N) is 3. The molecule has 9 nitrogen and oxygen atoms in total. The maximum absolute atomic E-state index is 12.8. The van der Waals surface area contributed by atoms with Gasteiger partial charge in [-0.2, -0.15) is 5.10 Å². The zero-order valence-corrected chi connectivity index (χ0v) is 17.6. The molecule has 0 radical (unpaired) electrons. The number of hydrogen-bond acceptors (Lipinski definition) is 5. The molecule has 0 fully saturated rings. The number of amides is 2. The van der Waals surface area contributed by atoms with E-state index in [2.05, 4.69) is 15.7 Å². The van der Waals surface area contributed by atoms with Crippen molar-refractivity contribution >= 4 is 34.9 Å². The largest absolute Gasteiger partial charge is 0.349 e. The van der Waals surface area contributed by atoms with Crippen LogP contribution in [0.3, 0.4) is 0 Å². The highest BCUT2D eigenvalue weighted by Gasteiger charge is 2.19. The number of nitro groups is 1. The zero-order valence-electron chi connectivity index (χ0n) is 16.8. The van der Waals surface area contributed by atoms with Gasteiger partial charge >= 0.3 is 0 Å². The van der Waals surface area contributed by atoms with Gasteiger partial charge in [0.15, 0.2) is 0 Å². The maximum Gasteiger partial charge on any atom is 0.269 e. The Bertz CT molecular complexity index is 1110. The van der Waals surface area contributed by atoms with E-state index in [4.69, 9.17) is 11.6 Å². The van der Waals surface area contributed by atoms with Crippen LogP contribution >= 0.6 is 11.6 Å². The summed E-state index contributed by atoms with van der Waals surface area (Å²) in [6, 6.07) is 13.9. The molecule has 0 aliphatic carbocycles. The Labute approximate surface area is 183 Å². The molecule has 1 unspecified atom stereocenters. The predicted molar refractivity (Wildman–Crippen MR) is 116 cm³/mol. The highest BCUT2D eigenvalue weighted by Crippen LogP contribution is 2.23. The number of anilines is 1. The Morgan fingerprint density at radius 3 is 2.39 bits per heavy atom. The highest BCUT2D eigenvalue weighted by atomic mass is 35.5. The van der Waals surface area contributed by atoms with Gasteiger partial charge in [0, 0.05) is 30.1 Å². The SMILES string of the molecule is CC(=O)NC(CC(=O)Nc1cc(C)nn1-c1ccc([N+](=O)[O-])cc1)c1ccc(Cl)cc1. The van der Waals surface area contributed by atoms with Crippen molar-refractivity contribution in [2.45, 2.75) is 26.3 Å². The molecular weight excluding hydrogens is 422 g/mol. The molecule has 0 saturated heterocycles. The average molecular weight is 442 g/mol. The van der Waals surface area contributed by atoms with E-state index in [1.807, 2.05) is 0 Å². The standard InChI is InChI=1S/C21H20ClN5O4/c1-13-11-20(26(25-13)17-7-9-18(10-8-17)27(30)31)24-21(29)12-19(23-14(2)28)15-3-5-16(22)6-4-15/h3-11,19H,12H2,1-2H3,(H,23,28)(H,24,29). The lowest BCUT2D eigenvalue weighted by molar-refractivity contribution is -0.384. The smallest absolute Gasteiger partial charge is 0.269 e. The molecule has 3 aromatic rings. The number of aromatic nitrogens is 2. The van der Waals surface area contributed by atoms with E-state index in [9.17, 15) is 19.7 Å². The molecule has 1 heterocycles. The Morgan fingerprint density at radius 2 is 1.81 bits per heavy atom. The van der Waals surface area contributed by atoms with Gasteiger partial charge in [-0.05, 0) is 36.8 Å². The molecule has 2 N–H and O–H groups in total. The fourth-order valence-corrected chi connectivity index (χ4v) is 3.20. The van der Waals surface area contributed by atoms with Gasteiger partial charge in [-0.15, -0.1) is 0 Å². The molecule has 1 atom stereocenters. The number of halogens is 1. The first kappa shape index (κ1) is 22.0. The van der Waals surface area contributed by atoms with Crippen LogP contribution < -0.4 is 10.6 Å². The number of hydrogen-bond donors (Lipinski definition) is 2. The van der Waals surface area contributed by atoms with Crippen molar-refractivity contribution < 1.29 is 14.5 Å². The van der Waals surface area contributed by atoms with Gasteiger partial charge in [-0.1, -0.05) is 23.7 Å². The van der Waals surface area contributed by atoms with Crippen LogP contribution in [0, 0.1) is 17.0 Å². The van der Waals surface area contributed by atoms with E-state index < -0.39 is 11.0 Å². The van der Waals surface area contributed by atoms with Crippen LogP contribution in [0.5, 0.6) is 0 Å². The van der Waals surface area contributed by atoms with Crippen molar-refractivity contribution in [2.75, 3.05) is 5.32 Å². The first-order valence-corrected chi connectivity index (χ1v) is 9.74. The number of nitrogens with one attached hydrogen (secondary N) is 2. The van der Waals surface area contributed by atoms with Gasteiger partial charge < -0.3 is 10.6 Å². The van der Waals surface area contributed by atoms with E-state index in [0.717, 1.165) is 5.56 Å². The quantitative estimate of drug-likeness (QED) is 0.425. The summed E-state index contributed by atoms with van der Waals surface area (Å²) in [5.41, 5.74) is 1.92. The Hall–Kier alpha value is -3.72. The molecule has 0 saturated carbocycles. The number of benzene rings is 2. The fraction of sp³-hybridized carbons (Fsp3) is 0.190. The lowest BCUT2D eigenvalue weighted by atomic mass is 10.0. The van der Waals surface area contributed by atoms with Crippen molar-refractivity contribution in [3.05, 3.63) is 81.0 Å². The average Bonchev–Trinajstić information content (AvgIpc) is 3.07. The van der Waals surface area contributed by atoms with Crippen molar-refractivity contribution in [1.82, 2.24) is 15.1 Å². The van der Waals surface area contributed by atoms with Gasteiger partial charge in [-0.3, -0.25) is 19.7 Å². The number of non-ortho nitro benzene ring substituents is 1. The molecule has 0 spiro atoms. The van der Waals surface area contributed by atoms with Gasteiger partial charge in [0.2, 0.25) is 11.8 Å². The lowest BCUT2D eigenvalue weighted by Crippen LogP contribution is -2.30. The van der Waals surface area contributed by atoms with E-state index in [-0.39, 0.29) is 23.9 Å². The minimum atomic E-state index is -0.536. The molecule has 1 aromatic heterocycles.